The zero-order valence-electron chi connectivity index (χ0n) is 11.0. The SMILES string of the molecule is CCOc1cccc(OC(C)CCCNC)c1. The average Bonchev–Trinajstić information content (AvgIpc) is 2.30. The van der Waals surface area contributed by atoms with Gasteiger partial charge in [0.25, 0.3) is 0 Å². The topological polar surface area (TPSA) is 30.5 Å². The fourth-order valence-electron chi connectivity index (χ4n) is 1.66. The number of rotatable bonds is 8. The molecule has 0 saturated carbocycles. The Balaban J connectivity index is 2.41. The zero-order valence-corrected chi connectivity index (χ0v) is 11.0. The molecule has 1 aromatic rings. The summed E-state index contributed by atoms with van der Waals surface area (Å²) in [6.45, 7) is 5.80. The molecule has 1 N–H and O–H groups in total. The van der Waals surface area contributed by atoms with E-state index in [9.17, 15) is 0 Å². The first-order valence-corrected chi connectivity index (χ1v) is 6.30. The van der Waals surface area contributed by atoms with Gasteiger partial charge in [-0.1, -0.05) is 6.07 Å². The maximum atomic E-state index is 5.84. The third-order valence-electron chi connectivity index (χ3n) is 2.49. The van der Waals surface area contributed by atoms with Crippen LogP contribution in [-0.4, -0.2) is 26.3 Å². The van der Waals surface area contributed by atoms with Gasteiger partial charge in [0.15, 0.2) is 0 Å². The molecule has 1 atom stereocenters. The lowest BCUT2D eigenvalue weighted by atomic mass is 10.2. The van der Waals surface area contributed by atoms with Gasteiger partial charge in [0.05, 0.1) is 12.7 Å². The number of ether oxygens (including phenoxy) is 2. The van der Waals surface area contributed by atoms with Crippen molar-refractivity contribution in [2.45, 2.75) is 32.8 Å². The van der Waals surface area contributed by atoms with Crippen molar-refractivity contribution in [1.82, 2.24) is 5.32 Å². The maximum absolute atomic E-state index is 5.84. The van der Waals surface area contributed by atoms with Crippen LogP contribution in [0.2, 0.25) is 0 Å². The van der Waals surface area contributed by atoms with Crippen LogP contribution in [0.1, 0.15) is 26.7 Å². The van der Waals surface area contributed by atoms with Gasteiger partial charge < -0.3 is 14.8 Å². The van der Waals surface area contributed by atoms with E-state index < -0.39 is 0 Å². The van der Waals surface area contributed by atoms with Crippen LogP contribution in [-0.2, 0) is 0 Å². The van der Waals surface area contributed by atoms with Gasteiger partial charge in [-0.25, -0.2) is 0 Å². The molecule has 1 rings (SSSR count). The fourth-order valence-corrected chi connectivity index (χ4v) is 1.66. The van der Waals surface area contributed by atoms with Gasteiger partial charge in [0.1, 0.15) is 11.5 Å². The lowest BCUT2D eigenvalue weighted by molar-refractivity contribution is 0.206. The molecule has 3 heteroatoms. The first-order chi connectivity index (χ1) is 8.26. The molecular weight excluding hydrogens is 214 g/mol. The van der Waals surface area contributed by atoms with Crippen LogP contribution < -0.4 is 14.8 Å². The van der Waals surface area contributed by atoms with Gasteiger partial charge in [-0.3, -0.25) is 0 Å². The molecule has 0 heterocycles. The van der Waals surface area contributed by atoms with Crippen LogP contribution in [0.3, 0.4) is 0 Å². The quantitative estimate of drug-likeness (QED) is 0.705. The highest BCUT2D eigenvalue weighted by atomic mass is 16.5. The Morgan fingerprint density at radius 1 is 1.29 bits per heavy atom. The maximum Gasteiger partial charge on any atom is 0.123 e. The Bertz CT molecular complexity index is 315. The molecular formula is C14H23NO2. The molecule has 0 bridgehead atoms. The van der Waals surface area contributed by atoms with E-state index in [4.69, 9.17) is 9.47 Å². The molecule has 0 amide bonds. The Kier molecular flexibility index (Phi) is 6.48. The largest absolute Gasteiger partial charge is 0.494 e. The summed E-state index contributed by atoms with van der Waals surface area (Å²) < 4.78 is 11.3. The summed E-state index contributed by atoms with van der Waals surface area (Å²) in [6.07, 6.45) is 2.42. The van der Waals surface area contributed by atoms with E-state index in [2.05, 4.69) is 12.2 Å². The van der Waals surface area contributed by atoms with Crippen LogP contribution in [0.4, 0.5) is 0 Å². The second-order valence-electron chi connectivity index (χ2n) is 4.08. The lowest BCUT2D eigenvalue weighted by Crippen LogP contribution is -2.15. The summed E-state index contributed by atoms with van der Waals surface area (Å²) in [5, 5.41) is 3.14. The summed E-state index contributed by atoms with van der Waals surface area (Å²) in [5.74, 6) is 1.75. The molecule has 3 nitrogen and oxygen atoms in total. The van der Waals surface area contributed by atoms with E-state index in [1.54, 1.807) is 0 Å². The van der Waals surface area contributed by atoms with Gasteiger partial charge in [0.2, 0.25) is 0 Å². The van der Waals surface area contributed by atoms with Gasteiger partial charge >= 0.3 is 0 Å². The molecule has 1 aromatic carbocycles. The Hall–Kier alpha value is -1.22. The molecule has 96 valence electrons. The van der Waals surface area contributed by atoms with Crippen molar-refractivity contribution < 1.29 is 9.47 Å². The molecule has 0 radical (unpaired) electrons. The number of benzene rings is 1. The summed E-state index contributed by atoms with van der Waals surface area (Å²) in [4.78, 5) is 0. The van der Waals surface area contributed by atoms with Crippen molar-refractivity contribution in [3.63, 3.8) is 0 Å². The standard InChI is InChI=1S/C14H23NO2/c1-4-16-13-8-5-9-14(11-13)17-12(2)7-6-10-15-3/h5,8-9,11-12,15H,4,6-7,10H2,1-3H3. The molecule has 1 unspecified atom stereocenters. The number of hydrogen-bond acceptors (Lipinski definition) is 3. The summed E-state index contributed by atoms with van der Waals surface area (Å²) in [7, 11) is 1.97. The predicted octanol–water partition coefficient (Wildman–Crippen LogP) is 2.85. The van der Waals surface area contributed by atoms with Crippen LogP contribution in [0, 0.1) is 0 Å². The average molecular weight is 237 g/mol. The van der Waals surface area contributed by atoms with E-state index in [0.29, 0.717) is 6.61 Å². The third-order valence-corrected chi connectivity index (χ3v) is 2.49. The monoisotopic (exact) mass is 237 g/mol. The van der Waals surface area contributed by atoms with Gasteiger partial charge in [-0.05, 0) is 52.4 Å². The van der Waals surface area contributed by atoms with Crippen molar-refractivity contribution in [2.24, 2.45) is 0 Å². The van der Waals surface area contributed by atoms with Gasteiger partial charge in [-0.15, -0.1) is 0 Å². The molecule has 17 heavy (non-hydrogen) atoms. The highest BCUT2D eigenvalue weighted by Crippen LogP contribution is 2.21. The molecule has 0 aliphatic rings. The molecule has 0 fully saturated rings. The minimum absolute atomic E-state index is 0.236. The number of hydrogen-bond donors (Lipinski definition) is 1. The molecule has 0 spiro atoms. The van der Waals surface area contributed by atoms with Gasteiger partial charge in [0, 0.05) is 6.07 Å². The molecule has 0 aliphatic heterocycles. The second-order valence-corrected chi connectivity index (χ2v) is 4.08. The van der Waals surface area contributed by atoms with Crippen LogP contribution in [0.25, 0.3) is 0 Å². The van der Waals surface area contributed by atoms with Crippen molar-refractivity contribution >= 4 is 0 Å². The minimum atomic E-state index is 0.236. The first kappa shape index (κ1) is 13.8. The Morgan fingerprint density at radius 3 is 2.76 bits per heavy atom. The minimum Gasteiger partial charge on any atom is -0.494 e. The highest BCUT2D eigenvalue weighted by molar-refractivity contribution is 5.33. The van der Waals surface area contributed by atoms with Crippen LogP contribution >= 0.6 is 0 Å². The summed E-state index contributed by atoms with van der Waals surface area (Å²) in [6, 6.07) is 7.82. The van der Waals surface area contributed by atoms with Gasteiger partial charge in [-0.2, -0.15) is 0 Å². The smallest absolute Gasteiger partial charge is 0.123 e. The van der Waals surface area contributed by atoms with E-state index in [-0.39, 0.29) is 6.10 Å². The Labute approximate surface area is 104 Å². The lowest BCUT2D eigenvalue weighted by Gasteiger charge is -2.15. The van der Waals surface area contributed by atoms with Crippen LogP contribution in [0.15, 0.2) is 24.3 Å². The van der Waals surface area contributed by atoms with E-state index >= 15 is 0 Å². The summed E-state index contributed by atoms with van der Waals surface area (Å²) in [5.41, 5.74) is 0. The van der Waals surface area contributed by atoms with Crippen molar-refractivity contribution in [3.05, 3.63) is 24.3 Å². The first-order valence-electron chi connectivity index (χ1n) is 6.30. The van der Waals surface area contributed by atoms with Crippen molar-refractivity contribution in [1.29, 1.82) is 0 Å². The second kappa shape index (κ2) is 7.96. The van der Waals surface area contributed by atoms with Crippen molar-refractivity contribution in [2.75, 3.05) is 20.2 Å². The summed E-state index contributed by atoms with van der Waals surface area (Å²) >= 11 is 0. The molecule has 0 saturated heterocycles. The molecule has 0 aromatic heterocycles. The fraction of sp³-hybridized carbons (Fsp3) is 0.571. The van der Waals surface area contributed by atoms with E-state index in [0.717, 1.165) is 30.9 Å². The normalized spacial score (nSPS) is 12.2. The zero-order chi connectivity index (χ0) is 12.5. The third kappa shape index (κ3) is 5.59. The van der Waals surface area contributed by atoms with E-state index in [1.807, 2.05) is 38.2 Å². The van der Waals surface area contributed by atoms with Crippen molar-refractivity contribution in [3.8, 4) is 11.5 Å². The van der Waals surface area contributed by atoms with E-state index in [1.165, 1.54) is 0 Å². The predicted molar refractivity (Wildman–Crippen MR) is 70.9 cm³/mol. The Morgan fingerprint density at radius 2 is 2.06 bits per heavy atom. The van der Waals surface area contributed by atoms with Crippen LogP contribution in [0.5, 0.6) is 11.5 Å². The highest BCUT2D eigenvalue weighted by Gasteiger charge is 2.04. The number of nitrogens with one attached hydrogen (secondary N) is 1. The molecule has 0 aliphatic carbocycles.